The number of amides is 1. The van der Waals surface area contributed by atoms with E-state index in [4.69, 9.17) is 11.6 Å². The van der Waals surface area contributed by atoms with Crippen LogP contribution in [0.2, 0.25) is 5.02 Å². The van der Waals surface area contributed by atoms with Gasteiger partial charge in [0.15, 0.2) is 5.65 Å². The zero-order chi connectivity index (χ0) is 19.0. The van der Waals surface area contributed by atoms with Crippen LogP contribution in [0.3, 0.4) is 0 Å². The van der Waals surface area contributed by atoms with Gasteiger partial charge in [-0.05, 0) is 37.8 Å². The number of halogens is 1. The molecule has 2 atom stereocenters. The first-order chi connectivity index (χ1) is 13.1. The van der Waals surface area contributed by atoms with Crippen LogP contribution in [-0.4, -0.2) is 26.7 Å². The number of carbonyl (C=O) groups excluding carboxylic acids is 1. The minimum Gasteiger partial charge on any atom is -0.349 e. The lowest BCUT2D eigenvalue weighted by Gasteiger charge is -2.29. The second-order valence-corrected chi connectivity index (χ2v) is 7.74. The highest BCUT2D eigenvalue weighted by atomic mass is 35.5. The van der Waals surface area contributed by atoms with Crippen molar-refractivity contribution in [1.82, 2.24) is 20.1 Å². The number of nitrogens with one attached hydrogen (secondary N) is 1. The molecule has 1 fully saturated rings. The van der Waals surface area contributed by atoms with E-state index in [9.17, 15) is 4.79 Å². The first-order valence-electron chi connectivity index (χ1n) is 9.46. The molecule has 4 rings (SSSR count). The van der Waals surface area contributed by atoms with Crippen molar-refractivity contribution in [3.05, 3.63) is 52.8 Å². The number of hydrogen-bond acceptors (Lipinski definition) is 3. The second kappa shape index (κ2) is 7.31. The lowest BCUT2D eigenvalue weighted by molar-refractivity contribution is 0.0910. The van der Waals surface area contributed by atoms with Crippen LogP contribution < -0.4 is 5.32 Å². The van der Waals surface area contributed by atoms with Crippen molar-refractivity contribution < 1.29 is 4.79 Å². The average Bonchev–Trinajstić information content (AvgIpc) is 3.02. The van der Waals surface area contributed by atoms with Gasteiger partial charge in [0, 0.05) is 12.2 Å². The van der Waals surface area contributed by atoms with E-state index in [1.54, 1.807) is 10.9 Å². The van der Waals surface area contributed by atoms with Crippen molar-refractivity contribution in [1.29, 1.82) is 0 Å². The van der Waals surface area contributed by atoms with Gasteiger partial charge in [-0.1, -0.05) is 49.6 Å². The van der Waals surface area contributed by atoms with E-state index in [1.165, 1.54) is 6.42 Å². The van der Waals surface area contributed by atoms with Gasteiger partial charge in [-0.25, -0.2) is 9.67 Å². The van der Waals surface area contributed by atoms with Gasteiger partial charge in [0.2, 0.25) is 0 Å². The largest absolute Gasteiger partial charge is 0.349 e. The molecular formula is C21H23ClN4O. The first-order valence-corrected chi connectivity index (χ1v) is 9.84. The van der Waals surface area contributed by atoms with Gasteiger partial charge in [0.25, 0.3) is 5.91 Å². The summed E-state index contributed by atoms with van der Waals surface area (Å²) in [5.74, 6) is 0.334. The summed E-state index contributed by atoms with van der Waals surface area (Å²) in [4.78, 5) is 17.4. The Kier molecular flexibility index (Phi) is 4.87. The van der Waals surface area contributed by atoms with Gasteiger partial charge in [-0.15, -0.1) is 0 Å². The fraction of sp³-hybridized carbons (Fsp3) is 0.381. The Balaban J connectivity index is 1.70. The number of benzene rings is 1. The van der Waals surface area contributed by atoms with E-state index in [1.807, 2.05) is 37.3 Å². The molecule has 2 heterocycles. The molecule has 1 aromatic carbocycles. The Morgan fingerprint density at radius 1 is 1.22 bits per heavy atom. The topological polar surface area (TPSA) is 59.8 Å². The Bertz CT molecular complexity index is 983. The Morgan fingerprint density at radius 2 is 1.96 bits per heavy atom. The first kappa shape index (κ1) is 18.0. The molecule has 3 aromatic rings. The lowest BCUT2D eigenvalue weighted by Crippen LogP contribution is -2.41. The van der Waals surface area contributed by atoms with Crippen LogP contribution in [0.1, 0.15) is 48.7 Å². The fourth-order valence-electron chi connectivity index (χ4n) is 3.89. The van der Waals surface area contributed by atoms with Crippen molar-refractivity contribution in [2.45, 2.75) is 45.6 Å². The van der Waals surface area contributed by atoms with E-state index >= 15 is 0 Å². The van der Waals surface area contributed by atoms with Crippen LogP contribution in [0.25, 0.3) is 16.7 Å². The number of aryl methyl sites for hydroxylation is 1. The number of rotatable bonds is 3. The second-order valence-electron chi connectivity index (χ2n) is 7.36. The zero-order valence-corrected chi connectivity index (χ0v) is 16.3. The van der Waals surface area contributed by atoms with Crippen molar-refractivity contribution in [3.8, 4) is 5.69 Å². The number of aromatic nitrogens is 3. The summed E-state index contributed by atoms with van der Waals surface area (Å²) < 4.78 is 1.77. The number of hydrogen-bond donors (Lipinski definition) is 1. The fourth-order valence-corrected chi connectivity index (χ4v) is 4.25. The standard InChI is InChI=1S/C21H23ClN4O/c1-13-8-6-7-11-17(13)24-21(27)16-12-23-20-18(19(16)22)14(2)25-26(20)15-9-4-3-5-10-15/h3-5,9-10,12-13,17H,6-8,11H2,1-2H3,(H,24,27)/t13-,17+/m0/s1. The van der Waals surface area contributed by atoms with Gasteiger partial charge < -0.3 is 5.32 Å². The van der Waals surface area contributed by atoms with Gasteiger partial charge in [-0.3, -0.25) is 4.79 Å². The maximum Gasteiger partial charge on any atom is 0.254 e. The van der Waals surface area contributed by atoms with Crippen LogP contribution in [0.4, 0.5) is 0 Å². The molecule has 1 aliphatic rings. The minimum absolute atomic E-state index is 0.153. The molecule has 1 saturated carbocycles. The van der Waals surface area contributed by atoms with Crippen molar-refractivity contribution in [2.75, 3.05) is 0 Å². The van der Waals surface area contributed by atoms with Crippen LogP contribution >= 0.6 is 11.6 Å². The molecule has 2 aromatic heterocycles. The summed E-state index contributed by atoms with van der Waals surface area (Å²) >= 11 is 6.64. The van der Waals surface area contributed by atoms with Crippen LogP contribution in [0.15, 0.2) is 36.5 Å². The van der Waals surface area contributed by atoms with E-state index in [-0.39, 0.29) is 11.9 Å². The maximum atomic E-state index is 12.8. The molecule has 140 valence electrons. The maximum absolute atomic E-state index is 12.8. The SMILES string of the molecule is Cc1nn(-c2ccccc2)c2ncc(C(=O)N[C@@H]3CCCC[C@@H]3C)c(Cl)c12. The predicted molar refractivity (Wildman–Crippen MR) is 107 cm³/mol. The van der Waals surface area contributed by atoms with Crippen molar-refractivity contribution in [3.63, 3.8) is 0 Å². The summed E-state index contributed by atoms with van der Waals surface area (Å²) in [6, 6.07) is 9.99. The number of pyridine rings is 1. The normalized spacial score (nSPS) is 20.0. The Morgan fingerprint density at radius 3 is 2.70 bits per heavy atom. The summed E-state index contributed by atoms with van der Waals surface area (Å²) in [6.07, 6.45) is 6.13. The van der Waals surface area contributed by atoms with Crippen LogP contribution in [0, 0.1) is 12.8 Å². The lowest BCUT2D eigenvalue weighted by atomic mass is 9.86. The Hall–Kier alpha value is -2.40. The third-order valence-electron chi connectivity index (χ3n) is 5.48. The zero-order valence-electron chi connectivity index (χ0n) is 15.6. The molecule has 0 spiro atoms. The highest BCUT2D eigenvalue weighted by Gasteiger charge is 2.25. The average molecular weight is 383 g/mol. The molecule has 1 N–H and O–H groups in total. The molecule has 6 heteroatoms. The molecule has 0 aliphatic heterocycles. The number of para-hydroxylation sites is 1. The molecule has 1 aliphatic carbocycles. The molecule has 1 amide bonds. The molecule has 0 radical (unpaired) electrons. The number of fused-ring (bicyclic) bond motifs is 1. The summed E-state index contributed by atoms with van der Waals surface area (Å²) in [5, 5.41) is 8.89. The summed E-state index contributed by atoms with van der Waals surface area (Å²) in [5.41, 5.74) is 2.74. The summed E-state index contributed by atoms with van der Waals surface area (Å²) in [7, 11) is 0. The Labute approximate surface area is 163 Å². The van der Waals surface area contributed by atoms with E-state index in [2.05, 4.69) is 22.3 Å². The molecule has 0 saturated heterocycles. The van der Waals surface area contributed by atoms with Gasteiger partial charge in [-0.2, -0.15) is 5.10 Å². The predicted octanol–water partition coefficient (Wildman–Crippen LogP) is 4.69. The number of carbonyl (C=O) groups is 1. The van der Waals surface area contributed by atoms with Crippen molar-refractivity contribution >= 4 is 28.5 Å². The van der Waals surface area contributed by atoms with Crippen molar-refractivity contribution in [2.24, 2.45) is 5.92 Å². The number of nitrogens with zero attached hydrogens (tertiary/aromatic N) is 3. The van der Waals surface area contributed by atoms with Crippen LogP contribution in [0.5, 0.6) is 0 Å². The van der Waals surface area contributed by atoms with E-state index in [0.29, 0.717) is 22.2 Å². The van der Waals surface area contributed by atoms with E-state index < -0.39 is 0 Å². The quantitative estimate of drug-likeness (QED) is 0.714. The minimum atomic E-state index is -0.153. The highest BCUT2D eigenvalue weighted by molar-refractivity contribution is 6.38. The molecule has 0 unspecified atom stereocenters. The third kappa shape index (κ3) is 3.32. The molecule has 27 heavy (non-hydrogen) atoms. The highest BCUT2D eigenvalue weighted by Crippen LogP contribution is 2.30. The molecule has 5 nitrogen and oxygen atoms in total. The monoisotopic (exact) mass is 382 g/mol. The van der Waals surface area contributed by atoms with E-state index in [0.717, 1.165) is 36.0 Å². The van der Waals surface area contributed by atoms with Gasteiger partial charge in [0.1, 0.15) is 0 Å². The molecular weight excluding hydrogens is 360 g/mol. The van der Waals surface area contributed by atoms with Crippen LogP contribution in [-0.2, 0) is 0 Å². The molecule has 0 bridgehead atoms. The van der Waals surface area contributed by atoms with Gasteiger partial charge in [0.05, 0.1) is 27.4 Å². The smallest absolute Gasteiger partial charge is 0.254 e. The third-order valence-corrected chi connectivity index (χ3v) is 5.87. The summed E-state index contributed by atoms with van der Waals surface area (Å²) in [6.45, 7) is 4.08. The van der Waals surface area contributed by atoms with Gasteiger partial charge >= 0.3 is 0 Å².